The number of fused-ring (bicyclic) bond motifs is 1. The number of amides is 1. The van der Waals surface area contributed by atoms with Gasteiger partial charge in [0, 0.05) is 31.7 Å². The van der Waals surface area contributed by atoms with Gasteiger partial charge in [0.25, 0.3) is 5.91 Å². The van der Waals surface area contributed by atoms with E-state index in [-0.39, 0.29) is 17.5 Å². The van der Waals surface area contributed by atoms with Crippen LogP contribution in [0, 0.1) is 17.1 Å². The molecule has 1 fully saturated rings. The second-order valence-corrected chi connectivity index (χ2v) is 8.28. The van der Waals surface area contributed by atoms with Crippen LogP contribution in [0.5, 0.6) is 0 Å². The number of aromatic nitrogens is 3. The van der Waals surface area contributed by atoms with Gasteiger partial charge in [0.1, 0.15) is 17.4 Å². The molecule has 5 rings (SSSR count). The summed E-state index contributed by atoms with van der Waals surface area (Å²) in [6.45, 7) is 1.14. The summed E-state index contributed by atoms with van der Waals surface area (Å²) in [6, 6.07) is 17.5. The Kier molecular flexibility index (Phi) is 5.11. The predicted molar refractivity (Wildman–Crippen MR) is 123 cm³/mol. The second-order valence-electron chi connectivity index (χ2n) is 8.28. The summed E-state index contributed by atoms with van der Waals surface area (Å²) < 4.78 is 16.2. The van der Waals surface area contributed by atoms with E-state index in [0.717, 1.165) is 28.6 Å². The van der Waals surface area contributed by atoms with Crippen molar-refractivity contribution < 1.29 is 9.18 Å². The zero-order valence-corrected chi connectivity index (χ0v) is 18.0. The number of rotatable bonds is 3. The number of carbonyl (C=O) groups excluding carboxylic acids is 1. The first-order chi connectivity index (χ1) is 15.9. The lowest BCUT2D eigenvalue weighted by molar-refractivity contribution is 0.0791. The van der Waals surface area contributed by atoms with E-state index in [2.05, 4.69) is 10.3 Å². The van der Waals surface area contributed by atoms with Crippen molar-refractivity contribution in [1.29, 1.82) is 5.26 Å². The molecule has 0 saturated carbocycles. The van der Waals surface area contributed by atoms with Crippen LogP contribution in [0.15, 0.2) is 54.6 Å². The molecule has 0 radical (unpaired) electrons. The minimum atomic E-state index is -0.604. The SMILES string of the molecule is Cn1nnc2cc(-c3ccc(C(=O)N4CC[C@H](N)C4)cc3-c3ccc(C#N)c(F)c3)ccc21. The molecule has 0 aliphatic carbocycles. The van der Waals surface area contributed by atoms with Crippen LogP contribution in [-0.4, -0.2) is 44.9 Å². The predicted octanol–water partition coefficient (Wildman–Crippen LogP) is 3.49. The van der Waals surface area contributed by atoms with Gasteiger partial charge in [-0.2, -0.15) is 5.26 Å². The number of likely N-dealkylation sites (tertiary alicyclic amines) is 1. The maximum atomic E-state index is 14.5. The molecule has 2 heterocycles. The van der Waals surface area contributed by atoms with Gasteiger partial charge in [0.2, 0.25) is 0 Å². The van der Waals surface area contributed by atoms with Crippen molar-refractivity contribution >= 4 is 16.9 Å². The fourth-order valence-electron chi connectivity index (χ4n) is 4.30. The number of nitrogens with zero attached hydrogens (tertiary/aromatic N) is 5. The average molecular weight is 440 g/mol. The Morgan fingerprint density at radius 3 is 2.64 bits per heavy atom. The number of carbonyl (C=O) groups is 1. The van der Waals surface area contributed by atoms with Crippen molar-refractivity contribution in [3.8, 4) is 28.3 Å². The molecule has 2 N–H and O–H groups in total. The molecule has 0 bridgehead atoms. The monoisotopic (exact) mass is 440 g/mol. The highest BCUT2D eigenvalue weighted by Gasteiger charge is 2.25. The van der Waals surface area contributed by atoms with E-state index < -0.39 is 5.82 Å². The fraction of sp³-hybridized carbons (Fsp3) is 0.200. The van der Waals surface area contributed by atoms with Gasteiger partial charge in [0.15, 0.2) is 0 Å². The number of nitriles is 1. The first-order valence-electron chi connectivity index (χ1n) is 10.6. The quantitative estimate of drug-likeness (QED) is 0.526. The van der Waals surface area contributed by atoms with Gasteiger partial charge in [0.05, 0.1) is 11.1 Å². The van der Waals surface area contributed by atoms with Gasteiger partial charge in [-0.1, -0.05) is 23.4 Å². The molecule has 0 spiro atoms. The van der Waals surface area contributed by atoms with E-state index in [0.29, 0.717) is 29.8 Å². The Bertz CT molecular complexity index is 1440. The molecule has 4 aromatic rings. The van der Waals surface area contributed by atoms with Crippen molar-refractivity contribution in [1.82, 2.24) is 19.9 Å². The number of hydrogen-bond acceptors (Lipinski definition) is 5. The smallest absolute Gasteiger partial charge is 0.253 e. The first kappa shape index (κ1) is 20.8. The maximum Gasteiger partial charge on any atom is 0.253 e. The zero-order chi connectivity index (χ0) is 23.1. The normalized spacial score (nSPS) is 15.7. The molecule has 33 heavy (non-hydrogen) atoms. The van der Waals surface area contributed by atoms with E-state index in [1.165, 1.54) is 12.1 Å². The van der Waals surface area contributed by atoms with Gasteiger partial charge in [-0.25, -0.2) is 9.07 Å². The van der Waals surface area contributed by atoms with Crippen LogP contribution >= 0.6 is 0 Å². The van der Waals surface area contributed by atoms with Crippen molar-refractivity contribution in [2.45, 2.75) is 12.5 Å². The summed E-state index contributed by atoms with van der Waals surface area (Å²) in [5, 5.41) is 17.4. The molecule has 3 aromatic carbocycles. The molecule has 1 aliphatic rings. The Balaban J connectivity index is 1.65. The molecule has 1 saturated heterocycles. The zero-order valence-electron chi connectivity index (χ0n) is 18.0. The van der Waals surface area contributed by atoms with Crippen LogP contribution in [0.2, 0.25) is 0 Å². The molecular weight excluding hydrogens is 419 g/mol. The minimum absolute atomic E-state index is 0.0148. The summed E-state index contributed by atoms with van der Waals surface area (Å²) in [5.41, 5.74) is 11.0. The molecule has 7 nitrogen and oxygen atoms in total. The molecule has 8 heteroatoms. The fourth-order valence-corrected chi connectivity index (χ4v) is 4.30. The molecule has 1 amide bonds. The van der Waals surface area contributed by atoms with E-state index in [1.54, 1.807) is 27.8 Å². The molecule has 1 aliphatic heterocycles. The Hall–Kier alpha value is -4.09. The molecule has 0 unspecified atom stereocenters. The maximum absolute atomic E-state index is 14.5. The summed E-state index contributed by atoms with van der Waals surface area (Å²) >= 11 is 0. The summed E-state index contributed by atoms with van der Waals surface area (Å²) in [6.07, 6.45) is 0.773. The lowest BCUT2D eigenvalue weighted by Crippen LogP contribution is -2.31. The second kappa shape index (κ2) is 8.11. The van der Waals surface area contributed by atoms with Crippen molar-refractivity contribution in [3.63, 3.8) is 0 Å². The van der Waals surface area contributed by atoms with Crippen molar-refractivity contribution in [2.24, 2.45) is 12.8 Å². The Morgan fingerprint density at radius 2 is 1.91 bits per heavy atom. The molecular formula is C25H21FN6O. The van der Waals surface area contributed by atoms with Crippen LogP contribution in [-0.2, 0) is 7.05 Å². The van der Waals surface area contributed by atoms with E-state index in [4.69, 9.17) is 11.0 Å². The van der Waals surface area contributed by atoms with Crippen LogP contribution < -0.4 is 5.73 Å². The topological polar surface area (TPSA) is 101 Å². The van der Waals surface area contributed by atoms with Crippen LogP contribution in [0.1, 0.15) is 22.3 Å². The number of benzene rings is 3. The highest BCUT2D eigenvalue weighted by atomic mass is 19.1. The highest BCUT2D eigenvalue weighted by molar-refractivity contribution is 5.98. The number of hydrogen-bond donors (Lipinski definition) is 1. The van der Waals surface area contributed by atoms with Gasteiger partial charge in [-0.3, -0.25) is 4.79 Å². The number of aryl methyl sites for hydroxylation is 1. The third kappa shape index (κ3) is 3.73. The standard InChI is InChI=1S/C25H21FN6O/c1-31-24-7-5-16(12-23(24)29-30-31)20-6-4-17(25(33)32-9-8-19(28)14-32)10-21(20)15-2-3-18(13-27)22(26)11-15/h2-7,10-12,19H,8-9,14,28H2,1H3/t19-/m0/s1. The van der Waals surface area contributed by atoms with Crippen molar-refractivity contribution in [3.05, 3.63) is 71.5 Å². The highest BCUT2D eigenvalue weighted by Crippen LogP contribution is 2.35. The largest absolute Gasteiger partial charge is 0.337 e. The van der Waals surface area contributed by atoms with Crippen LogP contribution in [0.25, 0.3) is 33.3 Å². The Labute approximate surface area is 189 Å². The Morgan fingerprint density at radius 1 is 1.12 bits per heavy atom. The molecule has 164 valence electrons. The van der Waals surface area contributed by atoms with E-state index >= 15 is 0 Å². The summed E-state index contributed by atoms with van der Waals surface area (Å²) in [7, 11) is 1.82. The van der Waals surface area contributed by atoms with E-state index in [9.17, 15) is 9.18 Å². The lowest BCUT2D eigenvalue weighted by atomic mass is 9.91. The van der Waals surface area contributed by atoms with Gasteiger partial charge >= 0.3 is 0 Å². The number of halogens is 1. The van der Waals surface area contributed by atoms with Crippen LogP contribution in [0.3, 0.4) is 0 Å². The van der Waals surface area contributed by atoms with E-state index in [1.807, 2.05) is 37.4 Å². The summed E-state index contributed by atoms with van der Waals surface area (Å²) in [4.78, 5) is 14.8. The first-order valence-corrected chi connectivity index (χ1v) is 10.6. The van der Waals surface area contributed by atoms with Gasteiger partial charge < -0.3 is 10.6 Å². The lowest BCUT2D eigenvalue weighted by Gasteiger charge is -2.18. The number of nitrogens with two attached hydrogens (primary N) is 1. The summed E-state index contributed by atoms with van der Waals surface area (Å²) in [5.74, 6) is -0.707. The van der Waals surface area contributed by atoms with Crippen LogP contribution in [0.4, 0.5) is 4.39 Å². The van der Waals surface area contributed by atoms with Gasteiger partial charge in [-0.15, -0.1) is 5.10 Å². The molecule has 1 atom stereocenters. The molecule has 1 aromatic heterocycles. The third-order valence-corrected chi connectivity index (χ3v) is 6.10. The van der Waals surface area contributed by atoms with Crippen molar-refractivity contribution in [2.75, 3.05) is 13.1 Å². The third-order valence-electron chi connectivity index (χ3n) is 6.10. The minimum Gasteiger partial charge on any atom is -0.337 e. The average Bonchev–Trinajstić information content (AvgIpc) is 3.43. The van der Waals surface area contributed by atoms with Gasteiger partial charge in [-0.05, 0) is 65.1 Å².